The first kappa shape index (κ1) is 21.8. The highest BCUT2D eigenvalue weighted by atomic mass is 16.5. The molecule has 0 radical (unpaired) electrons. The number of H-pyrrole nitrogens is 1. The van der Waals surface area contributed by atoms with E-state index in [0.29, 0.717) is 46.0 Å². The zero-order chi connectivity index (χ0) is 22.4. The number of nitrogens with zero attached hydrogens (tertiary/aromatic N) is 3. The van der Waals surface area contributed by atoms with Gasteiger partial charge in [0, 0.05) is 11.8 Å². The van der Waals surface area contributed by atoms with Crippen LogP contribution in [0.25, 0.3) is 10.9 Å². The third-order valence-corrected chi connectivity index (χ3v) is 4.75. The van der Waals surface area contributed by atoms with Crippen LogP contribution in [0.2, 0.25) is 0 Å². The normalized spacial score (nSPS) is 10.7. The predicted octanol–water partition coefficient (Wildman–Crippen LogP) is 2.27. The van der Waals surface area contributed by atoms with E-state index in [0.717, 1.165) is 0 Å². The third kappa shape index (κ3) is 5.18. The van der Waals surface area contributed by atoms with E-state index in [1.54, 1.807) is 36.4 Å². The number of carbonyl (C=O) groups excluding carboxylic acids is 1. The molecule has 1 amide bonds. The number of benzene rings is 2. The van der Waals surface area contributed by atoms with Crippen LogP contribution in [-0.4, -0.2) is 48.1 Å². The Hall–Kier alpha value is -3.90. The van der Waals surface area contributed by atoms with Gasteiger partial charge in [-0.2, -0.15) is 5.26 Å². The fourth-order valence-corrected chi connectivity index (χ4v) is 3.11. The van der Waals surface area contributed by atoms with Crippen LogP contribution in [0.3, 0.4) is 0 Å². The van der Waals surface area contributed by atoms with Crippen LogP contribution in [0, 0.1) is 11.3 Å². The number of anilines is 1. The number of aromatic nitrogens is 2. The number of likely N-dealkylation sites (N-methyl/N-ethyl adjacent to an activating group) is 1. The second-order valence-corrected chi connectivity index (χ2v) is 6.78. The van der Waals surface area contributed by atoms with Gasteiger partial charge in [-0.1, -0.05) is 6.92 Å². The van der Waals surface area contributed by atoms with Crippen molar-refractivity contribution in [3.63, 3.8) is 0 Å². The van der Waals surface area contributed by atoms with E-state index in [-0.39, 0.29) is 24.6 Å². The fraction of sp³-hybridized carbons (Fsp3) is 0.273. The molecule has 0 aliphatic heterocycles. The maximum Gasteiger partial charge on any atom is 0.258 e. The summed E-state index contributed by atoms with van der Waals surface area (Å²) in [4.78, 5) is 34.1. The molecule has 1 heterocycles. The number of rotatable bonds is 8. The van der Waals surface area contributed by atoms with Gasteiger partial charge in [0.05, 0.1) is 49.8 Å². The minimum Gasteiger partial charge on any atom is -0.493 e. The molecule has 160 valence electrons. The van der Waals surface area contributed by atoms with Crippen LogP contribution >= 0.6 is 0 Å². The average molecular weight is 421 g/mol. The molecule has 1 aromatic heterocycles. The van der Waals surface area contributed by atoms with Crippen molar-refractivity contribution in [1.82, 2.24) is 14.9 Å². The molecule has 0 aliphatic rings. The van der Waals surface area contributed by atoms with Crippen molar-refractivity contribution in [1.29, 1.82) is 5.26 Å². The fourth-order valence-electron chi connectivity index (χ4n) is 3.11. The molecule has 0 saturated heterocycles. The predicted molar refractivity (Wildman–Crippen MR) is 116 cm³/mol. The molecule has 0 saturated carbocycles. The summed E-state index contributed by atoms with van der Waals surface area (Å²) in [6.45, 7) is 2.90. The van der Waals surface area contributed by atoms with E-state index >= 15 is 0 Å². The van der Waals surface area contributed by atoms with Crippen molar-refractivity contribution < 1.29 is 14.3 Å². The molecule has 0 spiro atoms. The Morgan fingerprint density at radius 3 is 2.48 bits per heavy atom. The number of aromatic amines is 1. The van der Waals surface area contributed by atoms with Gasteiger partial charge in [-0.15, -0.1) is 0 Å². The lowest BCUT2D eigenvalue weighted by molar-refractivity contribution is -0.117. The molecule has 31 heavy (non-hydrogen) atoms. The maximum absolute atomic E-state index is 12.5. The molecule has 0 aliphatic carbocycles. The first-order valence-corrected chi connectivity index (χ1v) is 9.64. The largest absolute Gasteiger partial charge is 0.493 e. The van der Waals surface area contributed by atoms with E-state index < -0.39 is 0 Å². The van der Waals surface area contributed by atoms with Gasteiger partial charge in [0.2, 0.25) is 5.91 Å². The summed E-state index contributed by atoms with van der Waals surface area (Å²) < 4.78 is 10.5. The summed E-state index contributed by atoms with van der Waals surface area (Å²) in [7, 11) is 3.02. The number of hydrogen-bond donors (Lipinski definition) is 2. The molecule has 2 N–H and O–H groups in total. The zero-order valence-corrected chi connectivity index (χ0v) is 17.6. The molecule has 9 heteroatoms. The SMILES string of the molecule is CCN(CC(=O)Nc1ccc(C#N)cc1)Cc1nc2cc(OC)c(OC)cc2c(=O)[nH]1. The Labute approximate surface area is 179 Å². The first-order valence-electron chi connectivity index (χ1n) is 9.64. The molecular formula is C22H23N5O4. The van der Waals surface area contributed by atoms with E-state index in [9.17, 15) is 9.59 Å². The summed E-state index contributed by atoms with van der Waals surface area (Å²) in [5.41, 5.74) is 1.32. The Kier molecular flexibility index (Phi) is 6.85. The number of nitriles is 1. The molecule has 0 bridgehead atoms. The molecule has 9 nitrogen and oxygen atoms in total. The highest BCUT2D eigenvalue weighted by molar-refractivity contribution is 5.92. The Morgan fingerprint density at radius 2 is 1.87 bits per heavy atom. The van der Waals surface area contributed by atoms with Gasteiger partial charge in [-0.3, -0.25) is 14.5 Å². The van der Waals surface area contributed by atoms with Gasteiger partial charge in [-0.25, -0.2) is 4.98 Å². The van der Waals surface area contributed by atoms with Gasteiger partial charge in [-0.05, 0) is 36.9 Å². The molecule has 3 rings (SSSR count). The molecule has 0 fully saturated rings. The Morgan fingerprint density at radius 1 is 1.19 bits per heavy atom. The third-order valence-electron chi connectivity index (χ3n) is 4.75. The van der Waals surface area contributed by atoms with Crippen molar-refractivity contribution in [2.24, 2.45) is 0 Å². The van der Waals surface area contributed by atoms with Crippen molar-refractivity contribution in [3.05, 3.63) is 58.1 Å². The van der Waals surface area contributed by atoms with Crippen molar-refractivity contribution in [3.8, 4) is 17.6 Å². The van der Waals surface area contributed by atoms with Crippen LogP contribution in [-0.2, 0) is 11.3 Å². The molecule has 0 unspecified atom stereocenters. The number of nitrogens with one attached hydrogen (secondary N) is 2. The summed E-state index contributed by atoms with van der Waals surface area (Å²) in [6.07, 6.45) is 0. The summed E-state index contributed by atoms with van der Waals surface area (Å²) >= 11 is 0. The van der Waals surface area contributed by atoms with Crippen molar-refractivity contribution in [2.45, 2.75) is 13.5 Å². The van der Waals surface area contributed by atoms with Gasteiger partial charge >= 0.3 is 0 Å². The number of amides is 1. The lowest BCUT2D eigenvalue weighted by atomic mass is 10.2. The highest BCUT2D eigenvalue weighted by Gasteiger charge is 2.14. The first-order chi connectivity index (χ1) is 15.0. The lowest BCUT2D eigenvalue weighted by Crippen LogP contribution is -2.33. The highest BCUT2D eigenvalue weighted by Crippen LogP contribution is 2.29. The van der Waals surface area contributed by atoms with E-state index in [1.807, 2.05) is 17.9 Å². The second kappa shape index (κ2) is 9.73. The van der Waals surface area contributed by atoms with Crippen LogP contribution in [0.1, 0.15) is 18.3 Å². The van der Waals surface area contributed by atoms with Gasteiger partial charge in [0.1, 0.15) is 5.82 Å². The van der Waals surface area contributed by atoms with Crippen LogP contribution in [0.5, 0.6) is 11.5 Å². The van der Waals surface area contributed by atoms with E-state index in [2.05, 4.69) is 15.3 Å². The monoisotopic (exact) mass is 421 g/mol. The summed E-state index contributed by atoms with van der Waals surface area (Å²) in [6, 6.07) is 11.9. The van der Waals surface area contributed by atoms with E-state index in [4.69, 9.17) is 14.7 Å². The van der Waals surface area contributed by atoms with E-state index in [1.165, 1.54) is 14.2 Å². The van der Waals surface area contributed by atoms with Gasteiger partial charge < -0.3 is 19.8 Å². The number of fused-ring (bicyclic) bond motifs is 1. The zero-order valence-electron chi connectivity index (χ0n) is 17.6. The Bertz CT molecular complexity index is 1180. The topological polar surface area (TPSA) is 120 Å². The quantitative estimate of drug-likeness (QED) is 0.572. The standard InChI is InChI=1S/C22H23N5O4/c1-4-27(13-21(28)24-15-7-5-14(11-23)6-8-15)12-20-25-17-10-19(31-3)18(30-2)9-16(17)22(29)26-20/h5-10H,4,12-13H2,1-3H3,(H,24,28)(H,25,26,29). The minimum absolute atomic E-state index is 0.115. The lowest BCUT2D eigenvalue weighted by Gasteiger charge is -2.19. The number of carbonyl (C=O) groups is 1. The van der Waals surface area contributed by atoms with Crippen LogP contribution < -0.4 is 20.3 Å². The smallest absolute Gasteiger partial charge is 0.258 e. The van der Waals surface area contributed by atoms with Crippen molar-refractivity contribution in [2.75, 3.05) is 32.6 Å². The van der Waals surface area contributed by atoms with Crippen LogP contribution in [0.4, 0.5) is 5.69 Å². The maximum atomic E-state index is 12.5. The number of ether oxygens (including phenoxy) is 2. The van der Waals surface area contributed by atoms with Gasteiger partial charge in [0.25, 0.3) is 5.56 Å². The average Bonchev–Trinajstić information content (AvgIpc) is 2.78. The number of methoxy groups -OCH3 is 2. The Balaban J connectivity index is 1.75. The van der Waals surface area contributed by atoms with Crippen LogP contribution in [0.15, 0.2) is 41.2 Å². The summed E-state index contributed by atoms with van der Waals surface area (Å²) in [5.74, 6) is 1.16. The summed E-state index contributed by atoms with van der Waals surface area (Å²) in [5, 5.41) is 12.0. The molecule has 0 atom stereocenters. The molecular weight excluding hydrogens is 398 g/mol. The molecule has 3 aromatic rings. The number of hydrogen-bond acceptors (Lipinski definition) is 7. The van der Waals surface area contributed by atoms with Crippen molar-refractivity contribution >= 4 is 22.5 Å². The minimum atomic E-state index is -0.293. The second-order valence-electron chi connectivity index (χ2n) is 6.78. The van der Waals surface area contributed by atoms with Gasteiger partial charge in [0.15, 0.2) is 11.5 Å². The molecule has 2 aromatic carbocycles.